The Morgan fingerprint density at radius 1 is 1.20 bits per heavy atom. The molecule has 0 heterocycles. The Kier molecular flexibility index (Phi) is 4.02. The van der Waals surface area contributed by atoms with Gasteiger partial charge in [0.05, 0.1) is 5.69 Å². The molecule has 20 heavy (non-hydrogen) atoms. The van der Waals surface area contributed by atoms with Gasteiger partial charge in [-0.3, -0.25) is 0 Å². The zero-order valence-corrected chi connectivity index (χ0v) is 12.1. The lowest BCUT2D eigenvalue weighted by molar-refractivity contribution is -0.142. The maximum absolute atomic E-state index is 13.8. The van der Waals surface area contributed by atoms with Crippen molar-refractivity contribution in [2.24, 2.45) is 5.41 Å². The van der Waals surface area contributed by atoms with Crippen molar-refractivity contribution in [2.45, 2.75) is 51.5 Å². The maximum atomic E-state index is 13.8. The molecule has 0 aromatic heterocycles. The van der Waals surface area contributed by atoms with Crippen LogP contribution >= 0.6 is 0 Å². The van der Waals surface area contributed by atoms with E-state index in [1.165, 1.54) is 6.07 Å². The zero-order chi connectivity index (χ0) is 14.8. The topological polar surface area (TPSA) is 49.3 Å². The number of aliphatic carboxylic acids is 1. The molecule has 0 spiro atoms. The number of benzene rings is 1. The first-order valence-electron chi connectivity index (χ1n) is 7.11. The lowest BCUT2D eigenvalue weighted by Gasteiger charge is -2.31. The minimum atomic E-state index is -1.06. The van der Waals surface area contributed by atoms with Crippen LogP contribution in [0, 0.1) is 11.2 Å². The molecule has 2 rings (SSSR count). The molecule has 110 valence electrons. The number of para-hydroxylation sites is 1. The molecule has 1 aromatic carbocycles. The van der Waals surface area contributed by atoms with Crippen LogP contribution in [0.2, 0.25) is 0 Å². The summed E-state index contributed by atoms with van der Waals surface area (Å²) < 4.78 is 13.8. The number of nitrogens with one attached hydrogen (secondary N) is 1. The van der Waals surface area contributed by atoms with Crippen molar-refractivity contribution in [3.63, 3.8) is 0 Å². The summed E-state index contributed by atoms with van der Waals surface area (Å²) in [6.07, 6.45) is 3.70. The van der Waals surface area contributed by atoms with E-state index in [-0.39, 0.29) is 11.1 Å². The van der Waals surface area contributed by atoms with E-state index in [1.54, 1.807) is 18.2 Å². The summed E-state index contributed by atoms with van der Waals surface area (Å²) >= 11 is 0. The second-order valence-corrected chi connectivity index (χ2v) is 6.51. The Labute approximate surface area is 119 Å². The molecule has 0 saturated heterocycles. The van der Waals surface area contributed by atoms with Crippen molar-refractivity contribution >= 4 is 11.7 Å². The van der Waals surface area contributed by atoms with Gasteiger partial charge in [-0.15, -0.1) is 0 Å². The fourth-order valence-electron chi connectivity index (χ4n) is 2.88. The van der Waals surface area contributed by atoms with Gasteiger partial charge in [0, 0.05) is 0 Å². The molecule has 1 aliphatic carbocycles. The number of carboxylic acid groups (broad SMARTS) is 1. The molecule has 1 aliphatic rings. The molecule has 1 fully saturated rings. The van der Waals surface area contributed by atoms with Gasteiger partial charge in [-0.25, -0.2) is 9.18 Å². The van der Waals surface area contributed by atoms with E-state index >= 15 is 0 Å². The fourth-order valence-corrected chi connectivity index (χ4v) is 2.88. The average molecular weight is 279 g/mol. The number of anilines is 1. The zero-order valence-electron chi connectivity index (χ0n) is 12.1. The minimum Gasteiger partial charge on any atom is -0.480 e. The predicted octanol–water partition coefficient (Wildman–Crippen LogP) is 4.05. The lowest BCUT2D eigenvalue weighted by atomic mass is 9.83. The van der Waals surface area contributed by atoms with Crippen molar-refractivity contribution in [1.82, 2.24) is 0 Å². The van der Waals surface area contributed by atoms with Crippen LogP contribution in [0.5, 0.6) is 0 Å². The van der Waals surface area contributed by atoms with Gasteiger partial charge in [0.15, 0.2) is 0 Å². The second kappa shape index (κ2) is 5.43. The summed E-state index contributed by atoms with van der Waals surface area (Å²) in [6.45, 7) is 4.32. The van der Waals surface area contributed by atoms with Crippen LogP contribution in [-0.2, 0) is 4.79 Å². The van der Waals surface area contributed by atoms with Gasteiger partial charge in [0.2, 0.25) is 0 Å². The highest BCUT2D eigenvalue weighted by Crippen LogP contribution is 2.40. The SMILES string of the molecule is CC1(C)CCCC(Nc2ccccc2F)(C(=O)O)CC1. The maximum Gasteiger partial charge on any atom is 0.329 e. The molecule has 0 amide bonds. The quantitative estimate of drug-likeness (QED) is 0.821. The molecular formula is C16H22FNO2. The van der Waals surface area contributed by atoms with E-state index in [2.05, 4.69) is 19.2 Å². The summed E-state index contributed by atoms with van der Waals surface area (Å²) in [5, 5.41) is 12.6. The molecule has 1 atom stereocenters. The van der Waals surface area contributed by atoms with E-state index in [1.807, 2.05) is 0 Å². The van der Waals surface area contributed by atoms with Gasteiger partial charge in [-0.2, -0.15) is 0 Å². The predicted molar refractivity (Wildman–Crippen MR) is 77.3 cm³/mol. The highest BCUT2D eigenvalue weighted by Gasteiger charge is 2.42. The number of hydrogen-bond donors (Lipinski definition) is 2. The third-order valence-electron chi connectivity index (χ3n) is 4.34. The first-order chi connectivity index (χ1) is 9.35. The van der Waals surface area contributed by atoms with Gasteiger partial charge in [-0.05, 0) is 49.7 Å². The van der Waals surface area contributed by atoms with E-state index in [0.29, 0.717) is 12.8 Å². The number of rotatable bonds is 3. The number of carboxylic acids is 1. The number of halogens is 1. The van der Waals surface area contributed by atoms with Crippen LogP contribution in [0.4, 0.5) is 10.1 Å². The van der Waals surface area contributed by atoms with Crippen LogP contribution in [0.1, 0.15) is 46.0 Å². The summed E-state index contributed by atoms with van der Waals surface area (Å²) in [7, 11) is 0. The molecule has 0 aliphatic heterocycles. The Hall–Kier alpha value is -1.58. The van der Waals surface area contributed by atoms with Gasteiger partial charge < -0.3 is 10.4 Å². The molecule has 0 bridgehead atoms. The highest BCUT2D eigenvalue weighted by atomic mass is 19.1. The fraction of sp³-hybridized carbons (Fsp3) is 0.562. The summed E-state index contributed by atoms with van der Waals surface area (Å²) in [5.74, 6) is -1.30. The standard InChI is InChI=1S/C16H22FNO2/c1-15(2)8-5-9-16(11-10-15,14(19)20)18-13-7-4-3-6-12(13)17/h3-4,6-7,18H,5,8-11H2,1-2H3,(H,19,20). The van der Waals surface area contributed by atoms with Gasteiger partial charge >= 0.3 is 5.97 Å². The normalized spacial score (nSPS) is 25.8. The summed E-state index contributed by atoms with van der Waals surface area (Å²) in [6, 6.07) is 6.25. The molecule has 3 nitrogen and oxygen atoms in total. The molecule has 1 saturated carbocycles. The van der Waals surface area contributed by atoms with E-state index in [0.717, 1.165) is 19.3 Å². The Balaban J connectivity index is 2.27. The monoisotopic (exact) mass is 279 g/mol. The van der Waals surface area contributed by atoms with Crippen LogP contribution in [0.15, 0.2) is 24.3 Å². The third kappa shape index (κ3) is 3.11. The Bertz CT molecular complexity index is 501. The third-order valence-corrected chi connectivity index (χ3v) is 4.34. The molecule has 1 aromatic rings. The van der Waals surface area contributed by atoms with Crippen molar-refractivity contribution in [3.05, 3.63) is 30.1 Å². The van der Waals surface area contributed by atoms with Gasteiger partial charge in [0.25, 0.3) is 0 Å². The number of carbonyl (C=O) groups is 1. The molecule has 4 heteroatoms. The van der Waals surface area contributed by atoms with E-state index in [9.17, 15) is 14.3 Å². The molecule has 0 radical (unpaired) electrons. The largest absolute Gasteiger partial charge is 0.480 e. The average Bonchev–Trinajstić information content (AvgIpc) is 2.52. The molecular weight excluding hydrogens is 257 g/mol. The Morgan fingerprint density at radius 2 is 1.90 bits per heavy atom. The van der Waals surface area contributed by atoms with Crippen molar-refractivity contribution in [3.8, 4) is 0 Å². The molecule has 1 unspecified atom stereocenters. The van der Waals surface area contributed by atoms with Crippen LogP contribution in [-0.4, -0.2) is 16.6 Å². The van der Waals surface area contributed by atoms with Crippen molar-refractivity contribution in [1.29, 1.82) is 0 Å². The molecule has 2 N–H and O–H groups in total. The van der Waals surface area contributed by atoms with E-state index in [4.69, 9.17) is 0 Å². The summed E-state index contributed by atoms with van der Waals surface area (Å²) in [5.41, 5.74) is -0.640. The number of hydrogen-bond acceptors (Lipinski definition) is 2. The summed E-state index contributed by atoms with van der Waals surface area (Å²) in [4.78, 5) is 11.8. The van der Waals surface area contributed by atoms with Crippen molar-refractivity contribution < 1.29 is 14.3 Å². The smallest absolute Gasteiger partial charge is 0.329 e. The van der Waals surface area contributed by atoms with Gasteiger partial charge in [-0.1, -0.05) is 26.0 Å². The second-order valence-electron chi connectivity index (χ2n) is 6.51. The van der Waals surface area contributed by atoms with Crippen molar-refractivity contribution in [2.75, 3.05) is 5.32 Å². The van der Waals surface area contributed by atoms with Crippen LogP contribution < -0.4 is 5.32 Å². The Morgan fingerprint density at radius 3 is 2.55 bits per heavy atom. The van der Waals surface area contributed by atoms with Crippen LogP contribution in [0.25, 0.3) is 0 Å². The highest BCUT2D eigenvalue weighted by molar-refractivity contribution is 5.83. The van der Waals surface area contributed by atoms with Gasteiger partial charge in [0.1, 0.15) is 11.4 Å². The van der Waals surface area contributed by atoms with Crippen LogP contribution in [0.3, 0.4) is 0 Å². The van der Waals surface area contributed by atoms with E-state index < -0.39 is 17.3 Å². The first-order valence-corrected chi connectivity index (χ1v) is 7.11. The lowest BCUT2D eigenvalue weighted by Crippen LogP contribution is -2.46. The first kappa shape index (κ1) is 14.8. The minimum absolute atomic E-state index is 0.147.